The number of nitrogens with one attached hydrogen (secondary N) is 2. The Hall–Kier alpha value is -2.74. The van der Waals surface area contributed by atoms with Crippen molar-refractivity contribution in [1.82, 2.24) is 0 Å². The molecule has 1 amide bonds. The van der Waals surface area contributed by atoms with Crippen molar-refractivity contribution >= 4 is 50.5 Å². The molecule has 0 unspecified atom stereocenters. The van der Waals surface area contributed by atoms with Crippen LogP contribution in [0.2, 0.25) is 10.0 Å². The molecule has 0 aliphatic heterocycles. The quantitative estimate of drug-likeness (QED) is 0.549. The summed E-state index contributed by atoms with van der Waals surface area (Å²) in [6, 6.07) is 17.1. The van der Waals surface area contributed by atoms with Gasteiger partial charge >= 0.3 is 0 Å². The molecule has 0 bridgehead atoms. The molecule has 3 aromatic rings. The van der Waals surface area contributed by atoms with E-state index in [1.165, 1.54) is 37.4 Å². The van der Waals surface area contributed by atoms with Gasteiger partial charge < -0.3 is 10.1 Å². The lowest BCUT2D eigenvalue weighted by atomic mass is 10.2. The van der Waals surface area contributed by atoms with E-state index in [2.05, 4.69) is 10.0 Å². The summed E-state index contributed by atoms with van der Waals surface area (Å²) in [6.45, 7) is 0. The first-order valence-corrected chi connectivity index (χ1v) is 10.6. The summed E-state index contributed by atoms with van der Waals surface area (Å²) >= 11 is 12.0. The van der Waals surface area contributed by atoms with Gasteiger partial charge in [0, 0.05) is 10.6 Å². The predicted octanol–water partition coefficient (Wildman–Crippen LogP) is 5.06. The highest BCUT2D eigenvalue weighted by Crippen LogP contribution is 2.31. The number of anilines is 2. The number of sulfonamides is 1. The Kier molecular flexibility index (Phi) is 6.32. The van der Waals surface area contributed by atoms with Crippen LogP contribution in [-0.2, 0) is 10.0 Å². The van der Waals surface area contributed by atoms with Crippen molar-refractivity contribution in [3.63, 3.8) is 0 Å². The van der Waals surface area contributed by atoms with Crippen molar-refractivity contribution in [2.75, 3.05) is 17.1 Å². The summed E-state index contributed by atoms with van der Waals surface area (Å²) in [5.74, 6) is -0.0849. The van der Waals surface area contributed by atoms with Crippen molar-refractivity contribution in [3.05, 3.63) is 82.3 Å². The van der Waals surface area contributed by atoms with Gasteiger partial charge in [0.2, 0.25) is 0 Å². The molecule has 0 fully saturated rings. The maximum Gasteiger partial charge on any atom is 0.262 e. The van der Waals surface area contributed by atoms with Crippen LogP contribution in [-0.4, -0.2) is 21.4 Å². The van der Waals surface area contributed by atoms with E-state index in [-0.39, 0.29) is 21.3 Å². The van der Waals surface area contributed by atoms with Gasteiger partial charge in [0.25, 0.3) is 15.9 Å². The molecule has 29 heavy (non-hydrogen) atoms. The van der Waals surface area contributed by atoms with Gasteiger partial charge in [-0.3, -0.25) is 9.52 Å². The summed E-state index contributed by atoms with van der Waals surface area (Å²) < 4.78 is 33.2. The Labute approximate surface area is 178 Å². The number of methoxy groups -OCH3 is 1. The van der Waals surface area contributed by atoms with Crippen molar-refractivity contribution in [2.45, 2.75) is 4.90 Å². The second-order valence-electron chi connectivity index (χ2n) is 5.91. The molecule has 0 heterocycles. The van der Waals surface area contributed by atoms with Gasteiger partial charge in [-0.1, -0.05) is 41.4 Å². The fraction of sp³-hybridized carbons (Fsp3) is 0.0500. The molecule has 3 rings (SSSR count). The Morgan fingerprint density at radius 1 is 0.931 bits per heavy atom. The highest BCUT2D eigenvalue weighted by Gasteiger charge is 2.19. The largest absolute Gasteiger partial charge is 0.495 e. The highest BCUT2D eigenvalue weighted by molar-refractivity contribution is 7.92. The van der Waals surface area contributed by atoms with Gasteiger partial charge in [-0.25, -0.2) is 8.42 Å². The van der Waals surface area contributed by atoms with Gasteiger partial charge in [-0.05, 0) is 48.5 Å². The SMILES string of the molecule is COc1ccc(S(=O)(=O)Nc2cc(Cl)ccc2Cl)cc1NC(=O)c1ccccc1. The fourth-order valence-corrected chi connectivity index (χ4v) is 4.00. The molecule has 0 saturated carbocycles. The van der Waals surface area contributed by atoms with E-state index in [1.54, 1.807) is 36.4 Å². The predicted molar refractivity (Wildman–Crippen MR) is 115 cm³/mol. The molecule has 6 nitrogen and oxygen atoms in total. The molecule has 0 radical (unpaired) electrons. The summed E-state index contributed by atoms with van der Waals surface area (Å²) in [5.41, 5.74) is 0.776. The minimum atomic E-state index is -4.00. The average Bonchev–Trinajstić information content (AvgIpc) is 2.71. The van der Waals surface area contributed by atoms with Crippen LogP contribution in [0.1, 0.15) is 10.4 Å². The highest BCUT2D eigenvalue weighted by atomic mass is 35.5. The number of carbonyl (C=O) groups excluding carboxylic acids is 1. The van der Waals surface area contributed by atoms with Crippen molar-refractivity contribution in [3.8, 4) is 5.75 Å². The van der Waals surface area contributed by atoms with E-state index in [9.17, 15) is 13.2 Å². The number of rotatable bonds is 6. The summed E-state index contributed by atoms with van der Waals surface area (Å²) in [5, 5.41) is 3.20. The monoisotopic (exact) mass is 450 g/mol. The minimum Gasteiger partial charge on any atom is -0.495 e. The molecular formula is C20H16Cl2N2O4S. The molecule has 0 aliphatic carbocycles. The smallest absolute Gasteiger partial charge is 0.262 e. The molecule has 0 atom stereocenters. The second-order valence-corrected chi connectivity index (χ2v) is 8.44. The van der Waals surface area contributed by atoms with Crippen LogP contribution in [0.4, 0.5) is 11.4 Å². The van der Waals surface area contributed by atoms with Crippen LogP contribution < -0.4 is 14.8 Å². The maximum absolute atomic E-state index is 12.8. The van der Waals surface area contributed by atoms with Gasteiger partial charge in [0.15, 0.2) is 0 Å². The number of halogens is 2. The van der Waals surface area contributed by atoms with Crippen LogP contribution in [0.5, 0.6) is 5.75 Å². The number of carbonyl (C=O) groups is 1. The van der Waals surface area contributed by atoms with Gasteiger partial charge in [0.05, 0.1) is 28.4 Å². The van der Waals surface area contributed by atoms with Crippen molar-refractivity contribution < 1.29 is 17.9 Å². The Bertz CT molecular complexity index is 1150. The normalized spacial score (nSPS) is 11.0. The van der Waals surface area contributed by atoms with Crippen molar-refractivity contribution in [2.24, 2.45) is 0 Å². The van der Waals surface area contributed by atoms with E-state index in [0.717, 1.165) is 0 Å². The summed E-state index contributed by atoms with van der Waals surface area (Å²) in [7, 11) is -2.58. The number of hydrogen-bond donors (Lipinski definition) is 2. The van der Waals surface area contributed by atoms with E-state index in [1.807, 2.05) is 0 Å². The average molecular weight is 451 g/mol. The van der Waals surface area contributed by atoms with Gasteiger partial charge in [-0.2, -0.15) is 0 Å². The number of amides is 1. The standard InChI is InChI=1S/C20H16Cl2N2O4S/c1-28-19-10-8-15(12-18(19)23-20(25)13-5-3-2-4-6-13)29(26,27)24-17-11-14(21)7-9-16(17)22/h2-12,24H,1H3,(H,23,25). The third-order valence-corrected chi connectivity index (χ3v) is 5.87. The van der Waals surface area contributed by atoms with Crippen LogP contribution in [0.15, 0.2) is 71.6 Å². The molecule has 0 aliphatic rings. The summed E-state index contributed by atoms with van der Waals surface area (Å²) in [6.07, 6.45) is 0. The first-order chi connectivity index (χ1) is 13.8. The lowest BCUT2D eigenvalue weighted by molar-refractivity contribution is 0.102. The Morgan fingerprint density at radius 3 is 2.34 bits per heavy atom. The Balaban J connectivity index is 1.93. The Morgan fingerprint density at radius 2 is 1.66 bits per heavy atom. The maximum atomic E-state index is 12.8. The molecule has 0 saturated heterocycles. The van der Waals surface area contributed by atoms with Gasteiger partial charge in [0.1, 0.15) is 5.75 Å². The second kappa shape index (κ2) is 8.73. The third-order valence-electron chi connectivity index (χ3n) is 3.94. The number of ether oxygens (including phenoxy) is 1. The van der Waals surface area contributed by atoms with E-state index >= 15 is 0 Å². The van der Waals surface area contributed by atoms with Crippen molar-refractivity contribution in [1.29, 1.82) is 0 Å². The molecule has 0 spiro atoms. The van der Waals surface area contributed by atoms with Crippen LogP contribution in [0, 0.1) is 0 Å². The minimum absolute atomic E-state index is 0.0855. The first kappa shape index (κ1) is 21.0. The number of benzene rings is 3. The third kappa shape index (κ3) is 5.00. The van der Waals surface area contributed by atoms with Crippen LogP contribution in [0.25, 0.3) is 0 Å². The molecule has 2 N–H and O–H groups in total. The van der Waals surface area contributed by atoms with Crippen LogP contribution >= 0.6 is 23.2 Å². The zero-order chi connectivity index (χ0) is 21.0. The lowest BCUT2D eigenvalue weighted by Crippen LogP contribution is -2.16. The zero-order valence-corrected chi connectivity index (χ0v) is 17.5. The molecule has 150 valence electrons. The van der Waals surface area contributed by atoms with Crippen LogP contribution in [0.3, 0.4) is 0 Å². The lowest BCUT2D eigenvalue weighted by Gasteiger charge is -2.14. The number of hydrogen-bond acceptors (Lipinski definition) is 4. The fourth-order valence-electron chi connectivity index (χ4n) is 2.52. The molecule has 0 aromatic heterocycles. The zero-order valence-electron chi connectivity index (χ0n) is 15.1. The first-order valence-electron chi connectivity index (χ1n) is 8.32. The van der Waals surface area contributed by atoms with E-state index < -0.39 is 15.9 Å². The van der Waals surface area contributed by atoms with E-state index in [0.29, 0.717) is 16.3 Å². The molecular weight excluding hydrogens is 435 g/mol. The molecule has 3 aromatic carbocycles. The van der Waals surface area contributed by atoms with Gasteiger partial charge in [-0.15, -0.1) is 0 Å². The summed E-state index contributed by atoms with van der Waals surface area (Å²) in [4.78, 5) is 12.4. The van der Waals surface area contributed by atoms with E-state index in [4.69, 9.17) is 27.9 Å². The molecule has 9 heteroatoms. The topological polar surface area (TPSA) is 84.5 Å².